The van der Waals surface area contributed by atoms with Gasteiger partial charge in [-0.2, -0.15) is 0 Å². The number of benzene rings is 3. The molecule has 5 rings (SSSR count). The second-order valence-electron chi connectivity index (χ2n) is 8.39. The van der Waals surface area contributed by atoms with Crippen LogP contribution in [0.15, 0.2) is 66.7 Å². The van der Waals surface area contributed by atoms with Gasteiger partial charge in [-0.25, -0.2) is 9.96 Å². The Labute approximate surface area is 211 Å². The number of ether oxygens (including phenoxy) is 3. The van der Waals surface area contributed by atoms with Crippen LogP contribution in [-0.2, 0) is 14.4 Å². The van der Waals surface area contributed by atoms with Gasteiger partial charge in [0.05, 0.1) is 37.6 Å². The number of methoxy groups -OCH3 is 3. The number of fused-ring (bicyclic) bond motifs is 1. The molecule has 2 aliphatic rings. The van der Waals surface area contributed by atoms with Crippen LogP contribution in [0.3, 0.4) is 0 Å². The number of para-hydroxylation sites is 1. The fourth-order valence-corrected chi connectivity index (χ4v) is 4.79. The van der Waals surface area contributed by atoms with E-state index in [9.17, 15) is 19.7 Å². The molecule has 11 heteroatoms. The third-order valence-electron chi connectivity index (χ3n) is 6.50. The molecule has 0 bridgehead atoms. The number of amides is 2. The summed E-state index contributed by atoms with van der Waals surface area (Å²) in [6, 6.07) is 16.9. The summed E-state index contributed by atoms with van der Waals surface area (Å²) < 4.78 is 16.6. The van der Waals surface area contributed by atoms with Crippen LogP contribution in [0.2, 0.25) is 0 Å². The molecule has 2 aliphatic heterocycles. The van der Waals surface area contributed by atoms with E-state index in [1.807, 2.05) is 30.3 Å². The molecule has 0 aliphatic carbocycles. The standard InChI is InChI=1S/C26H23N3O8/c1-34-19-14-21(36-3)20(35-2)13-18(19)23-22-24(37-28(23)16-7-5-4-6-8-16)26(31)27(25(22)30)15-9-11-17(12-10-15)29(32)33/h4-14,22-24H,1-3H3/t22-,23+,24-/m0/s1. The molecule has 0 unspecified atom stereocenters. The maximum Gasteiger partial charge on any atom is 0.269 e. The van der Waals surface area contributed by atoms with Crippen LogP contribution in [0.5, 0.6) is 17.2 Å². The molecular formula is C26H23N3O8. The summed E-state index contributed by atoms with van der Waals surface area (Å²) in [6.07, 6.45) is -1.12. The first-order valence-corrected chi connectivity index (χ1v) is 11.3. The van der Waals surface area contributed by atoms with Gasteiger partial charge in [0.1, 0.15) is 17.7 Å². The van der Waals surface area contributed by atoms with E-state index >= 15 is 0 Å². The lowest BCUT2D eigenvalue weighted by Gasteiger charge is -2.30. The summed E-state index contributed by atoms with van der Waals surface area (Å²) in [5.74, 6) is -0.725. The number of nitrogens with zero attached hydrogens (tertiary/aromatic N) is 3. The highest BCUT2D eigenvalue weighted by molar-refractivity contribution is 6.24. The molecule has 3 aromatic carbocycles. The van der Waals surface area contributed by atoms with Crippen LogP contribution in [0.4, 0.5) is 17.1 Å². The predicted molar refractivity (Wildman–Crippen MR) is 132 cm³/mol. The molecule has 0 aromatic heterocycles. The van der Waals surface area contributed by atoms with Crippen molar-refractivity contribution in [2.45, 2.75) is 12.1 Å². The molecule has 2 heterocycles. The van der Waals surface area contributed by atoms with Crippen molar-refractivity contribution in [1.29, 1.82) is 0 Å². The van der Waals surface area contributed by atoms with Gasteiger partial charge in [-0.15, -0.1) is 0 Å². The van der Waals surface area contributed by atoms with Crippen LogP contribution >= 0.6 is 0 Å². The van der Waals surface area contributed by atoms with Crippen molar-refractivity contribution in [1.82, 2.24) is 0 Å². The van der Waals surface area contributed by atoms with Crippen molar-refractivity contribution < 1.29 is 33.6 Å². The van der Waals surface area contributed by atoms with Gasteiger partial charge in [0, 0.05) is 23.8 Å². The van der Waals surface area contributed by atoms with Gasteiger partial charge in [0.25, 0.3) is 11.6 Å². The minimum atomic E-state index is -1.12. The molecule has 0 spiro atoms. The number of nitro groups is 1. The number of imide groups is 1. The number of rotatable bonds is 7. The van der Waals surface area contributed by atoms with Crippen LogP contribution in [0.25, 0.3) is 0 Å². The van der Waals surface area contributed by atoms with Gasteiger partial charge >= 0.3 is 0 Å². The normalized spacial score (nSPS) is 20.7. The fraction of sp³-hybridized carbons (Fsp3) is 0.231. The number of carbonyl (C=O) groups is 2. The van der Waals surface area contributed by atoms with Gasteiger partial charge in [0.2, 0.25) is 5.91 Å². The Bertz CT molecular complexity index is 1360. The summed E-state index contributed by atoms with van der Waals surface area (Å²) in [7, 11) is 4.50. The summed E-state index contributed by atoms with van der Waals surface area (Å²) in [4.78, 5) is 45.0. The summed E-state index contributed by atoms with van der Waals surface area (Å²) in [5, 5.41) is 12.6. The number of hydrogen-bond acceptors (Lipinski definition) is 9. The monoisotopic (exact) mass is 505 g/mol. The molecule has 190 valence electrons. The van der Waals surface area contributed by atoms with Gasteiger partial charge in [0.15, 0.2) is 17.6 Å². The van der Waals surface area contributed by atoms with E-state index < -0.39 is 34.8 Å². The first-order valence-electron chi connectivity index (χ1n) is 11.3. The van der Waals surface area contributed by atoms with Crippen molar-refractivity contribution in [3.05, 3.63) is 82.4 Å². The Kier molecular flexibility index (Phi) is 6.14. The fourth-order valence-electron chi connectivity index (χ4n) is 4.79. The second-order valence-corrected chi connectivity index (χ2v) is 8.39. The summed E-state index contributed by atoms with van der Waals surface area (Å²) in [5.41, 5.74) is 1.27. The van der Waals surface area contributed by atoms with Crippen LogP contribution < -0.4 is 24.2 Å². The lowest BCUT2D eigenvalue weighted by atomic mass is 9.89. The van der Waals surface area contributed by atoms with E-state index in [4.69, 9.17) is 19.0 Å². The van der Waals surface area contributed by atoms with E-state index in [1.165, 1.54) is 45.6 Å². The maximum absolute atomic E-state index is 13.8. The molecule has 0 N–H and O–H groups in total. The van der Waals surface area contributed by atoms with Crippen molar-refractivity contribution in [2.75, 3.05) is 31.3 Å². The minimum absolute atomic E-state index is 0.150. The zero-order valence-electron chi connectivity index (χ0n) is 20.2. The zero-order chi connectivity index (χ0) is 26.3. The van der Waals surface area contributed by atoms with Crippen LogP contribution in [0, 0.1) is 16.0 Å². The summed E-state index contributed by atoms with van der Waals surface area (Å²) in [6.45, 7) is 0. The van der Waals surface area contributed by atoms with Crippen molar-refractivity contribution >= 4 is 28.9 Å². The quantitative estimate of drug-likeness (QED) is 0.269. The Hall–Kier alpha value is -4.64. The number of anilines is 2. The molecule has 2 fully saturated rings. The lowest BCUT2D eigenvalue weighted by Crippen LogP contribution is -2.37. The molecule has 11 nitrogen and oxygen atoms in total. The number of non-ortho nitro benzene ring substituents is 1. The molecule has 2 saturated heterocycles. The lowest BCUT2D eigenvalue weighted by molar-refractivity contribution is -0.384. The largest absolute Gasteiger partial charge is 0.496 e. The molecule has 0 saturated carbocycles. The number of carbonyl (C=O) groups excluding carboxylic acids is 2. The maximum atomic E-state index is 13.8. The van der Waals surface area contributed by atoms with Crippen LogP contribution in [-0.4, -0.2) is 44.2 Å². The minimum Gasteiger partial charge on any atom is -0.496 e. The Morgan fingerprint density at radius 3 is 2.03 bits per heavy atom. The van der Waals surface area contributed by atoms with Gasteiger partial charge < -0.3 is 14.2 Å². The number of hydrogen-bond donors (Lipinski definition) is 0. The highest BCUT2D eigenvalue weighted by Gasteiger charge is 2.61. The molecule has 2 amide bonds. The molecule has 3 atom stereocenters. The van der Waals surface area contributed by atoms with Gasteiger partial charge in [-0.05, 0) is 30.3 Å². The third kappa shape index (κ3) is 3.89. The average Bonchev–Trinajstić information content (AvgIpc) is 3.43. The zero-order valence-corrected chi connectivity index (χ0v) is 20.2. The Morgan fingerprint density at radius 1 is 0.811 bits per heavy atom. The molecule has 37 heavy (non-hydrogen) atoms. The summed E-state index contributed by atoms with van der Waals surface area (Å²) >= 11 is 0. The highest BCUT2D eigenvalue weighted by atomic mass is 16.7. The van der Waals surface area contributed by atoms with E-state index in [1.54, 1.807) is 17.2 Å². The van der Waals surface area contributed by atoms with Crippen molar-refractivity contribution in [2.24, 2.45) is 5.92 Å². The second kappa shape index (κ2) is 9.43. The average molecular weight is 505 g/mol. The predicted octanol–water partition coefficient (Wildman–Crippen LogP) is 3.67. The number of nitro benzene ring substituents is 1. The van der Waals surface area contributed by atoms with Crippen LogP contribution in [0.1, 0.15) is 11.6 Å². The van der Waals surface area contributed by atoms with E-state index in [0.29, 0.717) is 28.5 Å². The van der Waals surface area contributed by atoms with Gasteiger partial charge in [-0.1, -0.05) is 18.2 Å². The van der Waals surface area contributed by atoms with Gasteiger partial charge in [-0.3, -0.25) is 24.5 Å². The van der Waals surface area contributed by atoms with E-state index in [2.05, 4.69) is 0 Å². The smallest absolute Gasteiger partial charge is 0.269 e. The SMILES string of the molecule is COc1cc(OC)c([C@@H]2[C@@H]3C(=O)N(c4ccc([N+](=O)[O-])cc4)C(=O)[C@H]3ON2c2ccccc2)cc1OC. The molecule has 0 radical (unpaired) electrons. The van der Waals surface area contributed by atoms with E-state index in [-0.39, 0.29) is 11.4 Å². The van der Waals surface area contributed by atoms with E-state index in [0.717, 1.165) is 4.90 Å². The Balaban J connectivity index is 1.62. The Morgan fingerprint density at radius 2 is 1.43 bits per heavy atom. The molecule has 3 aromatic rings. The molecular weight excluding hydrogens is 482 g/mol. The van der Waals surface area contributed by atoms with Crippen molar-refractivity contribution in [3.63, 3.8) is 0 Å². The number of hydroxylamine groups is 1. The first kappa shape index (κ1) is 24.1. The third-order valence-corrected chi connectivity index (χ3v) is 6.50. The first-order chi connectivity index (χ1) is 17.9. The topological polar surface area (TPSA) is 121 Å². The van der Waals surface area contributed by atoms with Crippen molar-refractivity contribution in [3.8, 4) is 17.2 Å². The highest BCUT2D eigenvalue weighted by Crippen LogP contribution is 2.51.